The summed E-state index contributed by atoms with van der Waals surface area (Å²) in [7, 11) is -2.89. The summed E-state index contributed by atoms with van der Waals surface area (Å²) in [6.07, 6.45) is 0. The van der Waals surface area contributed by atoms with Crippen molar-refractivity contribution in [1.29, 1.82) is 5.26 Å². The van der Waals surface area contributed by atoms with Gasteiger partial charge < -0.3 is 14.0 Å². The van der Waals surface area contributed by atoms with Crippen molar-refractivity contribution < 1.29 is 0 Å². The van der Waals surface area contributed by atoms with Crippen molar-refractivity contribution in [3.8, 4) is 39.7 Å². The van der Waals surface area contributed by atoms with Gasteiger partial charge in [0.05, 0.1) is 45.1 Å². The van der Waals surface area contributed by atoms with Crippen molar-refractivity contribution in [2.45, 2.75) is 9.79 Å². The number of nitriles is 1. The molecule has 2 aromatic heterocycles. The predicted octanol–water partition coefficient (Wildman–Crippen LogP) is 16.4. The van der Waals surface area contributed by atoms with E-state index in [1.807, 2.05) is 23.9 Å². The van der Waals surface area contributed by atoms with Gasteiger partial charge in [0.1, 0.15) is 0 Å². The largest absolute Gasteiger partial charge is 0.309 e. The molecule has 3 heterocycles. The minimum absolute atomic E-state index is 0.650. The first-order valence-electron chi connectivity index (χ1n) is 26.8. The van der Waals surface area contributed by atoms with Crippen molar-refractivity contribution in [2.75, 3.05) is 4.90 Å². The highest BCUT2D eigenvalue weighted by Gasteiger charge is 2.42. The van der Waals surface area contributed by atoms with Gasteiger partial charge in [-0.15, -0.1) is 0 Å². The third kappa shape index (κ3) is 7.58. The molecule has 4 nitrogen and oxygen atoms in total. The molecule has 0 saturated heterocycles. The first-order valence-corrected chi connectivity index (χ1v) is 29.6. The lowest BCUT2D eigenvalue weighted by Gasteiger charge is -2.37. The third-order valence-corrected chi connectivity index (χ3v) is 21.9. The molecule has 12 aromatic carbocycles. The molecule has 0 N–H and O–H groups in total. The van der Waals surface area contributed by atoms with Gasteiger partial charge in [0.25, 0.3) is 0 Å². The van der Waals surface area contributed by atoms with Gasteiger partial charge in [-0.05, 0) is 140 Å². The molecule has 6 heteroatoms. The van der Waals surface area contributed by atoms with Gasteiger partial charge in [-0.2, -0.15) is 5.26 Å². The summed E-state index contributed by atoms with van der Waals surface area (Å²) in [5.74, 6) is 0. The van der Waals surface area contributed by atoms with Crippen molar-refractivity contribution in [1.82, 2.24) is 9.13 Å². The van der Waals surface area contributed by atoms with E-state index in [2.05, 4.69) is 299 Å². The average molecular weight is 1040 g/mol. The normalized spacial score (nSPS) is 12.2. The standard InChI is InChI=1S/C73H48N4SSi/c74-49-50-33-38-67-63(43-50)62-31-16-17-32-66(62)75(67)56-36-41-70-72(47-56)78-73-48-57(76-68-39-34-53(51-19-6-1-7-20-51)44-64(68)65-45-54(35-40-69(65)76)52-21-8-2-9-22-52)37-42-71(73)77(70)55-23-18-30-61(46-55)79(58-24-10-3-11-25-58,59-26-12-4-13-27-59)60-28-14-5-15-29-60/h1-48H. The molecule has 0 spiro atoms. The Kier molecular flexibility index (Phi) is 11.1. The molecule has 15 rings (SSSR count). The molecule has 1 aliphatic heterocycles. The van der Waals surface area contributed by atoms with E-state index in [0.29, 0.717) is 5.56 Å². The van der Waals surface area contributed by atoms with Gasteiger partial charge in [-0.25, -0.2) is 0 Å². The summed E-state index contributed by atoms with van der Waals surface area (Å²) in [5.41, 5.74) is 15.4. The monoisotopic (exact) mass is 1040 g/mol. The number of benzene rings is 12. The first-order chi connectivity index (χ1) is 39.1. The maximum absolute atomic E-state index is 9.99. The van der Waals surface area contributed by atoms with E-state index in [4.69, 9.17) is 0 Å². The highest BCUT2D eigenvalue weighted by atomic mass is 32.2. The van der Waals surface area contributed by atoms with E-state index in [9.17, 15) is 5.26 Å². The Balaban J connectivity index is 0.957. The van der Waals surface area contributed by atoms with Crippen molar-refractivity contribution in [2.24, 2.45) is 0 Å². The number of rotatable bonds is 9. The second-order valence-electron chi connectivity index (χ2n) is 20.4. The summed E-state index contributed by atoms with van der Waals surface area (Å²) < 4.78 is 4.81. The van der Waals surface area contributed by atoms with Crippen molar-refractivity contribution >= 4 is 101 Å². The molecule has 14 aromatic rings. The Morgan fingerprint density at radius 3 is 1.24 bits per heavy atom. The van der Waals surface area contributed by atoms with Crippen LogP contribution in [0.1, 0.15) is 5.56 Å². The molecule has 370 valence electrons. The van der Waals surface area contributed by atoms with Crippen LogP contribution < -0.4 is 25.6 Å². The van der Waals surface area contributed by atoms with E-state index >= 15 is 0 Å². The van der Waals surface area contributed by atoms with Gasteiger partial charge >= 0.3 is 0 Å². The lowest BCUT2D eigenvalue weighted by Crippen LogP contribution is -2.74. The lowest BCUT2D eigenvalue weighted by molar-refractivity contribution is 1.11. The molecular formula is C73H48N4SSi. The van der Waals surface area contributed by atoms with Gasteiger partial charge in [0, 0.05) is 48.4 Å². The maximum Gasteiger partial charge on any atom is 0.179 e. The number of aromatic nitrogens is 2. The molecular weight excluding hydrogens is 993 g/mol. The fourth-order valence-electron chi connectivity index (χ4n) is 12.5. The lowest BCUT2D eigenvalue weighted by atomic mass is 10.0. The summed E-state index contributed by atoms with van der Waals surface area (Å²) in [6, 6.07) is 109. The topological polar surface area (TPSA) is 36.9 Å². The van der Waals surface area contributed by atoms with Crippen LogP contribution in [-0.4, -0.2) is 17.2 Å². The van der Waals surface area contributed by atoms with Crippen LogP contribution in [0.4, 0.5) is 17.1 Å². The predicted molar refractivity (Wildman–Crippen MR) is 333 cm³/mol. The SMILES string of the molecule is N#Cc1ccc2c(c1)c1ccccc1n2-c1ccc2c(c1)Sc1cc(-n3c4ccc(-c5ccccc5)cc4c4cc(-c5ccccc5)ccc43)ccc1N2c1cccc([Si](c2ccccc2)(c2ccccc2)c2ccccc2)c1. The molecule has 0 unspecified atom stereocenters. The van der Waals surface area contributed by atoms with Crippen LogP contribution in [0.25, 0.3) is 77.2 Å². The highest BCUT2D eigenvalue weighted by molar-refractivity contribution is 7.99. The Labute approximate surface area is 464 Å². The molecule has 0 atom stereocenters. The summed E-state index contributed by atoms with van der Waals surface area (Å²) in [5, 5.41) is 19.9. The summed E-state index contributed by atoms with van der Waals surface area (Å²) in [4.78, 5) is 4.79. The van der Waals surface area contributed by atoms with Crippen molar-refractivity contribution in [3.05, 3.63) is 297 Å². The Hall–Kier alpha value is -9.90. The van der Waals surface area contributed by atoms with Crippen LogP contribution in [0, 0.1) is 11.3 Å². The molecule has 79 heavy (non-hydrogen) atoms. The fourth-order valence-corrected chi connectivity index (χ4v) is 18.4. The maximum atomic E-state index is 9.99. The number of fused-ring (bicyclic) bond motifs is 8. The fraction of sp³-hybridized carbons (Fsp3) is 0. The zero-order chi connectivity index (χ0) is 52.4. The third-order valence-electron chi connectivity index (χ3n) is 16.0. The van der Waals surface area contributed by atoms with Gasteiger partial charge in [0.2, 0.25) is 0 Å². The summed E-state index contributed by atoms with van der Waals surface area (Å²) in [6.45, 7) is 0. The molecule has 0 saturated carbocycles. The minimum Gasteiger partial charge on any atom is -0.309 e. The molecule has 0 bridgehead atoms. The summed E-state index contributed by atoms with van der Waals surface area (Å²) >= 11 is 1.83. The molecule has 0 radical (unpaired) electrons. The smallest absolute Gasteiger partial charge is 0.179 e. The van der Waals surface area contributed by atoms with E-state index in [1.54, 1.807) is 0 Å². The van der Waals surface area contributed by atoms with Gasteiger partial charge in [0.15, 0.2) is 8.07 Å². The van der Waals surface area contributed by atoms with E-state index in [1.165, 1.54) is 53.8 Å². The number of hydrogen-bond donors (Lipinski definition) is 0. The van der Waals surface area contributed by atoms with Crippen LogP contribution in [0.2, 0.25) is 0 Å². The zero-order valence-electron chi connectivity index (χ0n) is 42.9. The number of anilines is 3. The number of para-hydroxylation sites is 1. The van der Waals surface area contributed by atoms with E-state index in [0.717, 1.165) is 71.1 Å². The molecule has 0 amide bonds. The van der Waals surface area contributed by atoms with Crippen molar-refractivity contribution in [3.63, 3.8) is 0 Å². The van der Waals surface area contributed by atoms with E-state index in [-0.39, 0.29) is 0 Å². The Morgan fingerprint density at radius 2 is 0.734 bits per heavy atom. The molecule has 1 aliphatic rings. The zero-order valence-corrected chi connectivity index (χ0v) is 44.7. The van der Waals surface area contributed by atoms with Gasteiger partial charge in [-0.1, -0.05) is 206 Å². The molecule has 0 fully saturated rings. The average Bonchev–Trinajstić information content (AvgIpc) is 4.20. The van der Waals surface area contributed by atoms with Crippen LogP contribution in [0.3, 0.4) is 0 Å². The molecule has 0 aliphatic carbocycles. The first kappa shape index (κ1) is 46.4. The van der Waals surface area contributed by atoms with Gasteiger partial charge in [-0.3, -0.25) is 0 Å². The van der Waals surface area contributed by atoms with Crippen LogP contribution in [-0.2, 0) is 0 Å². The minimum atomic E-state index is -2.89. The highest BCUT2D eigenvalue weighted by Crippen LogP contribution is 2.53. The number of nitrogens with zero attached hydrogens (tertiary/aromatic N) is 4. The quantitative estimate of drug-likeness (QED) is 0.107. The van der Waals surface area contributed by atoms with Crippen LogP contribution in [0.5, 0.6) is 0 Å². The second kappa shape index (κ2) is 19.0. The van der Waals surface area contributed by atoms with Crippen LogP contribution >= 0.6 is 11.8 Å². The second-order valence-corrected chi connectivity index (χ2v) is 25.3. The Morgan fingerprint density at radius 1 is 0.304 bits per heavy atom. The van der Waals surface area contributed by atoms with E-state index < -0.39 is 8.07 Å². The Bertz CT molecular complexity index is 4510. The van der Waals surface area contributed by atoms with Crippen LogP contribution in [0.15, 0.2) is 301 Å². The number of hydrogen-bond acceptors (Lipinski definition) is 3.